The van der Waals surface area contributed by atoms with Crippen molar-refractivity contribution in [3.63, 3.8) is 0 Å². The summed E-state index contributed by atoms with van der Waals surface area (Å²) < 4.78 is 2.29. The molecule has 0 saturated carbocycles. The van der Waals surface area contributed by atoms with Gasteiger partial charge in [0.05, 0.1) is 5.69 Å². The predicted octanol–water partition coefficient (Wildman–Crippen LogP) is 1.92. The van der Waals surface area contributed by atoms with Gasteiger partial charge in [0.15, 0.2) is 0 Å². The number of aromatic nitrogens is 2. The van der Waals surface area contributed by atoms with Crippen LogP contribution in [0.25, 0.3) is 0 Å². The molecular formula is C13H24N4. The molecular weight excluding hydrogens is 212 g/mol. The molecule has 1 aromatic rings. The molecule has 0 aromatic carbocycles. The summed E-state index contributed by atoms with van der Waals surface area (Å²) in [4.78, 5) is 7.00. The Kier molecular flexibility index (Phi) is 4.05. The maximum Gasteiger partial charge on any atom is 0.205 e. The van der Waals surface area contributed by atoms with Gasteiger partial charge in [-0.2, -0.15) is 0 Å². The minimum absolute atomic E-state index is 0.306. The zero-order valence-corrected chi connectivity index (χ0v) is 11.0. The van der Waals surface area contributed by atoms with Gasteiger partial charge in [-0.1, -0.05) is 13.3 Å². The minimum atomic E-state index is 0.306. The van der Waals surface area contributed by atoms with E-state index in [1.807, 2.05) is 0 Å². The van der Waals surface area contributed by atoms with Gasteiger partial charge in [-0.3, -0.25) is 0 Å². The summed E-state index contributed by atoms with van der Waals surface area (Å²) in [5, 5.41) is 0. The number of imidazole rings is 1. The van der Waals surface area contributed by atoms with Gasteiger partial charge in [0, 0.05) is 31.9 Å². The molecule has 0 spiro atoms. The molecule has 0 aliphatic carbocycles. The fourth-order valence-corrected chi connectivity index (χ4v) is 2.47. The van der Waals surface area contributed by atoms with E-state index in [4.69, 9.17) is 5.73 Å². The summed E-state index contributed by atoms with van der Waals surface area (Å²) in [5.74, 6) is 1.12. The van der Waals surface area contributed by atoms with Gasteiger partial charge in [0.1, 0.15) is 0 Å². The number of nitrogens with two attached hydrogens (primary N) is 1. The monoisotopic (exact) mass is 236 g/mol. The number of unbranched alkanes of at least 4 members (excludes halogenated alkanes) is 1. The number of hydrogen-bond acceptors (Lipinski definition) is 3. The van der Waals surface area contributed by atoms with Crippen molar-refractivity contribution in [2.24, 2.45) is 5.73 Å². The number of hydrogen-bond donors (Lipinski definition) is 1. The van der Waals surface area contributed by atoms with Crippen LogP contribution in [-0.4, -0.2) is 28.7 Å². The number of anilines is 1. The number of piperidine rings is 1. The van der Waals surface area contributed by atoms with Gasteiger partial charge in [-0.25, -0.2) is 4.98 Å². The predicted molar refractivity (Wildman–Crippen MR) is 71.3 cm³/mol. The summed E-state index contributed by atoms with van der Waals surface area (Å²) in [7, 11) is 0. The quantitative estimate of drug-likeness (QED) is 0.869. The average Bonchev–Trinajstić information content (AvgIpc) is 2.68. The molecule has 1 fully saturated rings. The molecule has 2 rings (SSSR count). The van der Waals surface area contributed by atoms with Crippen LogP contribution in [0.1, 0.15) is 38.3 Å². The van der Waals surface area contributed by atoms with E-state index >= 15 is 0 Å². The highest BCUT2D eigenvalue weighted by molar-refractivity contribution is 5.34. The Hall–Kier alpha value is -1.03. The first-order valence-corrected chi connectivity index (χ1v) is 6.75. The van der Waals surface area contributed by atoms with Crippen LogP contribution in [0, 0.1) is 6.92 Å². The van der Waals surface area contributed by atoms with Crippen molar-refractivity contribution in [1.29, 1.82) is 0 Å². The molecule has 4 nitrogen and oxygen atoms in total. The van der Waals surface area contributed by atoms with Gasteiger partial charge in [-0.15, -0.1) is 0 Å². The fourth-order valence-electron chi connectivity index (χ4n) is 2.47. The molecule has 1 aliphatic rings. The van der Waals surface area contributed by atoms with Gasteiger partial charge in [0.25, 0.3) is 0 Å². The largest absolute Gasteiger partial charge is 0.341 e. The van der Waals surface area contributed by atoms with E-state index in [1.54, 1.807) is 0 Å². The van der Waals surface area contributed by atoms with E-state index in [1.165, 1.54) is 19.3 Å². The second-order valence-corrected chi connectivity index (χ2v) is 5.08. The van der Waals surface area contributed by atoms with Gasteiger partial charge >= 0.3 is 0 Å². The molecule has 1 aliphatic heterocycles. The molecule has 17 heavy (non-hydrogen) atoms. The Balaban J connectivity index is 2.12. The van der Waals surface area contributed by atoms with Crippen LogP contribution in [0.3, 0.4) is 0 Å². The zero-order valence-electron chi connectivity index (χ0n) is 11.0. The average molecular weight is 236 g/mol. The maximum absolute atomic E-state index is 6.04. The highest BCUT2D eigenvalue weighted by Crippen LogP contribution is 2.19. The zero-order chi connectivity index (χ0) is 12.3. The van der Waals surface area contributed by atoms with Gasteiger partial charge in [0.2, 0.25) is 5.95 Å². The van der Waals surface area contributed by atoms with E-state index in [9.17, 15) is 0 Å². The third kappa shape index (κ3) is 3.00. The third-order valence-corrected chi connectivity index (χ3v) is 3.37. The Bertz CT molecular complexity index is 358. The van der Waals surface area contributed by atoms with E-state index < -0.39 is 0 Å². The first-order valence-electron chi connectivity index (χ1n) is 6.75. The summed E-state index contributed by atoms with van der Waals surface area (Å²) >= 11 is 0. The van der Waals surface area contributed by atoms with E-state index in [0.29, 0.717) is 6.04 Å². The topological polar surface area (TPSA) is 47.1 Å². The van der Waals surface area contributed by atoms with Crippen molar-refractivity contribution < 1.29 is 0 Å². The van der Waals surface area contributed by atoms with Gasteiger partial charge < -0.3 is 15.2 Å². The molecule has 4 heteroatoms. The Morgan fingerprint density at radius 3 is 3.06 bits per heavy atom. The lowest BCUT2D eigenvalue weighted by molar-refractivity contribution is 0.490. The lowest BCUT2D eigenvalue weighted by Crippen LogP contribution is -2.44. The molecule has 96 valence electrons. The van der Waals surface area contributed by atoms with E-state index in [-0.39, 0.29) is 0 Å². The molecule has 1 aromatic heterocycles. The van der Waals surface area contributed by atoms with Crippen LogP contribution >= 0.6 is 0 Å². The molecule has 0 unspecified atom stereocenters. The molecule has 2 heterocycles. The van der Waals surface area contributed by atoms with Crippen LogP contribution in [0.4, 0.5) is 5.95 Å². The van der Waals surface area contributed by atoms with Crippen molar-refractivity contribution in [3.8, 4) is 0 Å². The van der Waals surface area contributed by atoms with Crippen LogP contribution in [0.2, 0.25) is 0 Å². The lowest BCUT2D eigenvalue weighted by Gasteiger charge is -2.31. The number of rotatable bonds is 4. The molecule has 1 saturated heterocycles. The first-order chi connectivity index (χ1) is 8.20. The van der Waals surface area contributed by atoms with Crippen molar-refractivity contribution in [2.45, 2.75) is 52.1 Å². The van der Waals surface area contributed by atoms with Crippen LogP contribution in [0.5, 0.6) is 0 Å². The molecule has 0 amide bonds. The number of nitrogens with zero attached hydrogens (tertiary/aromatic N) is 3. The van der Waals surface area contributed by atoms with Crippen molar-refractivity contribution in [3.05, 3.63) is 11.9 Å². The van der Waals surface area contributed by atoms with Crippen LogP contribution < -0.4 is 10.6 Å². The minimum Gasteiger partial charge on any atom is -0.341 e. The van der Waals surface area contributed by atoms with Crippen LogP contribution in [0.15, 0.2) is 6.20 Å². The maximum atomic E-state index is 6.04. The lowest BCUT2D eigenvalue weighted by atomic mass is 10.1. The first kappa shape index (κ1) is 12.4. The Labute approximate surface area is 104 Å². The molecule has 0 radical (unpaired) electrons. The summed E-state index contributed by atoms with van der Waals surface area (Å²) in [6.07, 6.45) is 6.91. The summed E-state index contributed by atoms with van der Waals surface area (Å²) in [5.41, 5.74) is 7.15. The van der Waals surface area contributed by atoms with Crippen LogP contribution in [-0.2, 0) is 6.54 Å². The second-order valence-electron chi connectivity index (χ2n) is 5.08. The second kappa shape index (κ2) is 5.54. The van der Waals surface area contributed by atoms with E-state index in [2.05, 4.69) is 34.5 Å². The highest BCUT2D eigenvalue weighted by Gasteiger charge is 2.20. The fraction of sp³-hybridized carbons (Fsp3) is 0.769. The third-order valence-electron chi connectivity index (χ3n) is 3.37. The van der Waals surface area contributed by atoms with E-state index in [0.717, 1.165) is 37.7 Å². The molecule has 1 atom stereocenters. The SMILES string of the molecule is CCCCn1cc(C)nc1N1CCC[C@@H](N)C1. The summed E-state index contributed by atoms with van der Waals surface area (Å²) in [6, 6.07) is 0.306. The van der Waals surface area contributed by atoms with Gasteiger partial charge in [-0.05, 0) is 26.2 Å². The summed E-state index contributed by atoms with van der Waals surface area (Å²) in [6.45, 7) is 7.40. The standard InChI is InChI=1S/C13H24N4/c1-3-4-7-16-9-11(2)15-13(16)17-8-5-6-12(14)10-17/h9,12H,3-8,10,14H2,1-2H3/t12-/m1/s1. The Morgan fingerprint density at radius 2 is 2.35 bits per heavy atom. The normalized spacial score (nSPS) is 20.9. The highest BCUT2D eigenvalue weighted by atomic mass is 15.3. The van der Waals surface area contributed by atoms with Crippen molar-refractivity contribution >= 4 is 5.95 Å². The number of aryl methyl sites for hydroxylation is 2. The molecule has 0 bridgehead atoms. The molecule has 2 N–H and O–H groups in total. The van der Waals surface area contributed by atoms with Crippen molar-refractivity contribution in [1.82, 2.24) is 9.55 Å². The van der Waals surface area contributed by atoms with Crippen molar-refractivity contribution in [2.75, 3.05) is 18.0 Å². The Morgan fingerprint density at radius 1 is 1.53 bits per heavy atom. The smallest absolute Gasteiger partial charge is 0.205 e.